The second-order valence-corrected chi connectivity index (χ2v) is 4.09. The molecule has 1 aliphatic rings. The molecule has 0 amide bonds. The number of ether oxygens (including phenoxy) is 1. The standard InChI is InChI=1S/C14H11NO2/c1-9-7-11-8-17-14(16)12(11)13(15-9)10-5-3-2-4-6-10/h2-7H,8H2,1H3. The van der Waals surface area contributed by atoms with Crippen LogP contribution in [0.5, 0.6) is 0 Å². The van der Waals surface area contributed by atoms with E-state index in [1.165, 1.54) is 0 Å². The molecule has 0 bridgehead atoms. The average Bonchev–Trinajstić information content (AvgIpc) is 2.71. The molecule has 3 heteroatoms. The Labute approximate surface area is 99.1 Å². The molecule has 84 valence electrons. The fraction of sp³-hybridized carbons (Fsp3) is 0.143. The van der Waals surface area contributed by atoms with Crippen LogP contribution in [0.1, 0.15) is 21.6 Å². The first-order valence-corrected chi connectivity index (χ1v) is 5.49. The van der Waals surface area contributed by atoms with Gasteiger partial charge in [-0.05, 0) is 13.0 Å². The minimum absolute atomic E-state index is 0.272. The third-order valence-corrected chi connectivity index (χ3v) is 2.84. The number of hydrogen-bond acceptors (Lipinski definition) is 3. The summed E-state index contributed by atoms with van der Waals surface area (Å²) in [6.07, 6.45) is 0. The van der Waals surface area contributed by atoms with Crippen LogP contribution in [0.2, 0.25) is 0 Å². The molecule has 0 fully saturated rings. The van der Waals surface area contributed by atoms with Crippen molar-refractivity contribution in [1.82, 2.24) is 4.98 Å². The van der Waals surface area contributed by atoms with Crippen LogP contribution >= 0.6 is 0 Å². The molecule has 0 atom stereocenters. The van der Waals surface area contributed by atoms with Crippen molar-refractivity contribution in [3.05, 3.63) is 53.2 Å². The molecule has 3 nitrogen and oxygen atoms in total. The summed E-state index contributed by atoms with van der Waals surface area (Å²) in [6, 6.07) is 11.6. The van der Waals surface area contributed by atoms with E-state index in [1.54, 1.807) is 0 Å². The molecule has 0 aliphatic carbocycles. The Kier molecular flexibility index (Phi) is 2.18. The van der Waals surface area contributed by atoms with Gasteiger partial charge in [0, 0.05) is 16.8 Å². The highest BCUT2D eigenvalue weighted by Crippen LogP contribution is 2.30. The number of pyridine rings is 1. The number of carbonyl (C=O) groups is 1. The van der Waals surface area contributed by atoms with Crippen LogP contribution in [-0.2, 0) is 11.3 Å². The summed E-state index contributed by atoms with van der Waals surface area (Å²) in [4.78, 5) is 16.2. The molecule has 0 saturated carbocycles. The third kappa shape index (κ3) is 1.60. The lowest BCUT2D eigenvalue weighted by Gasteiger charge is -2.06. The molecule has 0 radical (unpaired) electrons. The molecular weight excluding hydrogens is 214 g/mol. The summed E-state index contributed by atoms with van der Waals surface area (Å²) >= 11 is 0. The van der Waals surface area contributed by atoms with E-state index in [0.29, 0.717) is 12.2 Å². The predicted molar refractivity (Wildman–Crippen MR) is 63.5 cm³/mol. The molecule has 1 aromatic heterocycles. The Morgan fingerprint density at radius 3 is 2.76 bits per heavy atom. The van der Waals surface area contributed by atoms with Gasteiger partial charge < -0.3 is 4.74 Å². The van der Waals surface area contributed by atoms with Crippen LogP contribution in [0.3, 0.4) is 0 Å². The average molecular weight is 225 g/mol. The Balaban J connectivity index is 2.27. The van der Waals surface area contributed by atoms with Crippen molar-refractivity contribution in [1.29, 1.82) is 0 Å². The predicted octanol–water partition coefficient (Wildman–Crippen LogP) is 2.73. The van der Waals surface area contributed by atoms with Crippen LogP contribution in [0.15, 0.2) is 36.4 Å². The van der Waals surface area contributed by atoms with Crippen LogP contribution in [-0.4, -0.2) is 11.0 Å². The number of aryl methyl sites for hydroxylation is 1. The zero-order valence-electron chi connectivity index (χ0n) is 9.43. The summed E-state index contributed by atoms with van der Waals surface area (Å²) in [7, 11) is 0. The SMILES string of the molecule is Cc1cc2c(c(-c3ccccc3)n1)C(=O)OC2. The van der Waals surface area contributed by atoms with Crippen LogP contribution in [0.25, 0.3) is 11.3 Å². The molecule has 0 N–H and O–H groups in total. The van der Waals surface area contributed by atoms with Crippen molar-refractivity contribution in [2.75, 3.05) is 0 Å². The van der Waals surface area contributed by atoms with E-state index < -0.39 is 0 Å². The minimum atomic E-state index is -0.272. The summed E-state index contributed by atoms with van der Waals surface area (Å²) in [5.74, 6) is -0.272. The largest absolute Gasteiger partial charge is 0.457 e. The van der Waals surface area contributed by atoms with E-state index in [9.17, 15) is 4.79 Å². The van der Waals surface area contributed by atoms with Crippen molar-refractivity contribution in [3.63, 3.8) is 0 Å². The van der Waals surface area contributed by atoms with Crippen LogP contribution in [0, 0.1) is 6.92 Å². The normalized spacial score (nSPS) is 13.4. The summed E-state index contributed by atoms with van der Waals surface area (Å²) in [5.41, 5.74) is 4.12. The van der Waals surface area contributed by atoms with Crippen molar-refractivity contribution < 1.29 is 9.53 Å². The number of aromatic nitrogens is 1. The Morgan fingerprint density at radius 1 is 1.24 bits per heavy atom. The van der Waals surface area contributed by atoms with E-state index in [0.717, 1.165) is 22.5 Å². The molecule has 17 heavy (non-hydrogen) atoms. The third-order valence-electron chi connectivity index (χ3n) is 2.84. The molecule has 3 rings (SSSR count). The van der Waals surface area contributed by atoms with Gasteiger partial charge in [0.2, 0.25) is 0 Å². The molecule has 0 saturated heterocycles. The fourth-order valence-electron chi connectivity index (χ4n) is 2.10. The highest BCUT2D eigenvalue weighted by atomic mass is 16.5. The first-order chi connectivity index (χ1) is 8.25. The maximum atomic E-state index is 11.7. The van der Waals surface area contributed by atoms with Crippen molar-refractivity contribution in [2.24, 2.45) is 0 Å². The fourth-order valence-corrected chi connectivity index (χ4v) is 2.10. The van der Waals surface area contributed by atoms with E-state index in [-0.39, 0.29) is 5.97 Å². The maximum Gasteiger partial charge on any atom is 0.341 e. The highest BCUT2D eigenvalue weighted by molar-refractivity contribution is 5.99. The van der Waals surface area contributed by atoms with Crippen molar-refractivity contribution >= 4 is 5.97 Å². The van der Waals surface area contributed by atoms with Gasteiger partial charge in [-0.3, -0.25) is 4.98 Å². The molecular formula is C14H11NO2. The van der Waals surface area contributed by atoms with E-state index in [4.69, 9.17) is 4.74 Å². The molecule has 0 spiro atoms. The first kappa shape index (κ1) is 10.0. The monoisotopic (exact) mass is 225 g/mol. The number of cyclic esters (lactones) is 1. The molecule has 2 heterocycles. The van der Waals surface area contributed by atoms with Crippen LogP contribution in [0.4, 0.5) is 0 Å². The molecule has 2 aromatic rings. The van der Waals surface area contributed by atoms with Gasteiger partial charge in [-0.25, -0.2) is 4.79 Å². The number of carbonyl (C=O) groups excluding carboxylic acids is 1. The second-order valence-electron chi connectivity index (χ2n) is 4.09. The molecule has 1 aromatic carbocycles. The topological polar surface area (TPSA) is 39.2 Å². The zero-order valence-corrected chi connectivity index (χ0v) is 9.43. The van der Waals surface area contributed by atoms with Gasteiger partial charge in [0.15, 0.2) is 0 Å². The summed E-state index contributed by atoms with van der Waals surface area (Å²) < 4.78 is 5.06. The first-order valence-electron chi connectivity index (χ1n) is 5.49. The zero-order chi connectivity index (χ0) is 11.8. The van der Waals surface area contributed by atoms with E-state index in [2.05, 4.69) is 4.98 Å². The number of hydrogen-bond donors (Lipinski definition) is 0. The number of fused-ring (bicyclic) bond motifs is 1. The van der Waals surface area contributed by atoms with Gasteiger partial charge in [0.25, 0.3) is 0 Å². The quantitative estimate of drug-likeness (QED) is 0.700. The Hall–Kier alpha value is -2.16. The lowest BCUT2D eigenvalue weighted by atomic mass is 10.0. The van der Waals surface area contributed by atoms with Crippen molar-refractivity contribution in [3.8, 4) is 11.3 Å². The Bertz CT molecular complexity index is 591. The van der Waals surface area contributed by atoms with E-state index >= 15 is 0 Å². The van der Waals surface area contributed by atoms with E-state index in [1.807, 2.05) is 43.3 Å². The summed E-state index contributed by atoms with van der Waals surface area (Å²) in [6.45, 7) is 2.28. The number of benzene rings is 1. The number of nitrogens with zero attached hydrogens (tertiary/aromatic N) is 1. The van der Waals surface area contributed by atoms with Crippen molar-refractivity contribution in [2.45, 2.75) is 13.5 Å². The summed E-state index contributed by atoms with van der Waals surface area (Å²) in [5, 5.41) is 0. The molecule has 1 aliphatic heterocycles. The lowest BCUT2D eigenvalue weighted by molar-refractivity contribution is 0.0535. The van der Waals surface area contributed by atoms with Gasteiger partial charge >= 0.3 is 5.97 Å². The van der Waals surface area contributed by atoms with Crippen LogP contribution < -0.4 is 0 Å². The second kappa shape index (κ2) is 3.70. The molecule has 0 unspecified atom stereocenters. The lowest BCUT2D eigenvalue weighted by Crippen LogP contribution is -2.01. The minimum Gasteiger partial charge on any atom is -0.457 e. The van der Waals surface area contributed by atoms with Gasteiger partial charge in [-0.15, -0.1) is 0 Å². The van der Waals surface area contributed by atoms with Gasteiger partial charge in [-0.1, -0.05) is 30.3 Å². The van der Waals surface area contributed by atoms with Gasteiger partial charge in [-0.2, -0.15) is 0 Å². The smallest absolute Gasteiger partial charge is 0.341 e. The highest BCUT2D eigenvalue weighted by Gasteiger charge is 2.26. The number of rotatable bonds is 1. The Morgan fingerprint density at radius 2 is 2.00 bits per heavy atom. The number of esters is 1. The maximum absolute atomic E-state index is 11.7. The van der Waals surface area contributed by atoms with Gasteiger partial charge in [0.05, 0.1) is 11.3 Å². The van der Waals surface area contributed by atoms with Gasteiger partial charge in [0.1, 0.15) is 6.61 Å².